The Balaban J connectivity index is 1.28. The van der Waals surface area contributed by atoms with Gasteiger partial charge in [0.15, 0.2) is 0 Å². The molecule has 0 radical (unpaired) electrons. The number of aromatic nitrogens is 4. The summed E-state index contributed by atoms with van der Waals surface area (Å²) in [5, 5.41) is 8.97. The molecule has 4 heterocycles. The number of hydrogen-bond acceptors (Lipinski definition) is 4. The molecule has 34 heavy (non-hydrogen) atoms. The van der Waals surface area contributed by atoms with Gasteiger partial charge in [0.05, 0.1) is 15.6 Å². The predicted octanol–water partition coefficient (Wildman–Crippen LogP) is 7.17. The maximum atomic E-state index is 6.25. The van der Waals surface area contributed by atoms with Gasteiger partial charge in [-0.2, -0.15) is 0 Å². The topological polar surface area (TPSA) is 66.5 Å². The Kier molecular flexibility index (Phi) is 5.28. The first-order valence-corrected chi connectivity index (χ1v) is 11.7. The number of pyridine rings is 3. The number of anilines is 1. The van der Waals surface area contributed by atoms with Gasteiger partial charge < -0.3 is 10.3 Å². The molecule has 6 rings (SSSR count). The summed E-state index contributed by atoms with van der Waals surface area (Å²) >= 11 is 12.4. The van der Waals surface area contributed by atoms with Gasteiger partial charge in [0.2, 0.25) is 0 Å². The highest BCUT2D eigenvalue weighted by atomic mass is 35.5. The molecule has 166 valence electrons. The third kappa shape index (κ3) is 4.04. The maximum absolute atomic E-state index is 6.25. The van der Waals surface area contributed by atoms with Crippen molar-refractivity contribution in [2.75, 3.05) is 5.32 Å². The first kappa shape index (κ1) is 20.9. The van der Waals surface area contributed by atoms with Crippen molar-refractivity contribution in [3.63, 3.8) is 0 Å². The molecule has 0 bridgehead atoms. The quantitative estimate of drug-likeness (QED) is 0.272. The molecule has 0 aliphatic carbocycles. The minimum absolute atomic E-state index is 0.596. The van der Waals surface area contributed by atoms with Gasteiger partial charge in [0.1, 0.15) is 11.5 Å². The highest BCUT2D eigenvalue weighted by Crippen LogP contribution is 2.26. The lowest BCUT2D eigenvalue weighted by Crippen LogP contribution is -2.02. The van der Waals surface area contributed by atoms with E-state index >= 15 is 0 Å². The molecule has 0 aliphatic rings. The Morgan fingerprint density at radius 2 is 1.62 bits per heavy atom. The molecule has 0 spiro atoms. The van der Waals surface area contributed by atoms with Crippen molar-refractivity contribution in [3.05, 3.63) is 106 Å². The number of H-pyrrole nitrogens is 1. The van der Waals surface area contributed by atoms with Gasteiger partial charge in [-0.15, -0.1) is 0 Å². The van der Waals surface area contributed by atoms with Crippen LogP contribution in [0.4, 0.5) is 5.82 Å². The maximum Gasteiger partial charge on any atom is 0.138 e. The van der Waals surface area contributed by atoms with Gasteiger partial charge >= 0.3 is 0 Å². The number of halogens is 2. The van der Waals surface area contributed by atoms with Crippen LogP contribution in [-0.4, -0.2) is 19.9 Å². The summed E-state index contributed by atoms with van der Waals surface area (Å²) in [4.78, 5) is 16.5. The van der Waals surface area contributed by atoms with Crippen LogP contribution in [0.3, 0.4) is 0 Å². The van der Waals surface area contributed by atoms with Gasteiger partial charge in [0.25, 0.3) is 0 Å². The molecule has 0 aliphatic heterocycles. The monoisotopic (exact) mass is 483 g/mol. The van der Waals surface area contributed by atoms with E-state index in [-0.39, 0.29) is 0 Å². The second kappa shape index (κ2) is 8.60. The van der Waals surface area contributed by atoms with E-state index in [1.165, 1.54) is 11.1 Å². The Morgan fingerprint density at radius 3 is 2.56 bits per heavy atom. The second-order valence-corrected chi connectivity index (χ2v) is 9.15. The normalized spacial score (nSPS) is 11.5. The first-order chi connectivity index (χ1) is 16.6. The molecule has 5 nitrogen and oxygen atoms in total. The highest BCUT2D eigenvalue weighted by Gasteiger charge is 2.08. The van der Waals surface area contributed by atoms with Gasteiger partial charge in [-0.05, 0) is 64.9 Å². The lowest BCUT2D eigenvalue weighted by atomic mass is 10.0. The molecular formula is C27H19Cl2N5. The summed E-state index contributed by atoms with van der Waals surface area (Å²) in [6, 6.07) is 18.8. The third-order valence-electron chi connectivity index (χ3n) is 5.95. The number of nitrogens with one attached hydrogen (secondary N) is 2. The molecule has 2 aromatic carbocycles. The van der Waals surface area contributed by atoms with Crippen molar-refractivity contribution < 1.29 is 0 Å². The standard InChI is InChI=1S/C27H19Cl2N5/c28-21-11-20-8-16(2-4-25(20)31-14-21)7-17-1-3-19-5-6-30-26(22(19)9-17)32-12-18-10-23-24(29)15-34-27(23)33-13-18/h1-6,8-11,13-15H,7,12H2,(H,30,32)(H,33,34). The van der Waals surface area contributed by atoms with Crippen molar-refractivity contribution >= 4 is 61.7 Å². The molecule has 0 amide bonds. The molecule has 7 heteroatoms. The van der Waals surface area contributed by atoms with Crippen molar-refractivity contribution in [1.82, 2.24) is 19.9 Å². The van der Waals surface area contributed by atoms with E-state index in [0.29, 0.717) is 16.6 Å². The Bertz CT molecular complexity index is 1680. The SMILES string of the molecule is Clc1cnc2ccc(Cc3ccc4ccnc(NCc5cnc6[nH]cc(Cl)c6c5)c4c3)cc2c1. The minimum atomic E-state index is 0.596. The van der Waals surface area contributed by atoms with E-state index in [9.17, 15) is 0 Å². The lowest BCUT2D eigenvalue weighted by molar-refractivity contribution is 1.10. The van der Waals surface area contributed by atoms with Crippen LogP contribution in [0.2, 0.25) is 10.0 Å². The molecule has 4 aromatic heterocycles. The molecule has 0 saturated carbocycles. The molecule has 0 fully saturated rings. The average molecular weight is 484 g/mol. The fourth-order valence-corrected chi connectivity index (χ4v) is 4.63. The number of nitrogens with zero attached hydrogens (tertiary/aromatic N) is 3. The summed E-state index contributed by atoms with van der Waals surface area (Å²) in [6.45, 7) is 0.596. The van der Waals surface area contributed by atoms with Gasteiger partial charge in [0, 0.05) is 47.5 Å². The van der Waals surface area contributed by atoms with E-state index in [0.717, 1.165) is 50.5 Å². The summed E-state index contributed by atoms with van der Waals surface area (Å²) in [5.74, 6) is 0.842. The molecule has 0 unspecified atom stereocenters. The zero-order valence-electron chi connectivity index (χ0n) is 18.0. The molecule has 6 aromatic rings. The minimum Gasteiger partial charge on any atom is -0.365 e. The smallest absolute Gasteiger partial charge is 0.138 e. The van der Waals surface area contributed by atoms with Crippen LogP contribution in [0.5, 0.6) is 0 Å². The second-order valence-electron chi connectivity index (χ2n) is 8.30. The van der Waals surface area contributed by atoms with Crippen LogP contribution < -0.4 is 5.32 Å². The van der Waals surface area contributed by atoms with Crippen molar-refractivity contribution in [1.29, 1.82) is 0 Å². The van der Waals surface area contributed by atoms with Gasteiger partial charge in [-0.3, -0.25) is 4.98 Å². The molecule has 2 N–H and O–H groups in total. The fraction of sp³-hybridized carbons (Fsp3) is 0.0741. The van der Waals surface area contributed by atoms with Crippen LogP contribution in [0, 0.1) is 0 Å². The summed E-state index contributed by atoms with van der Waals surface area (Å²) in [7, 11) is 0. The van der Waals surface area contributed by atoms with E-state index < -0.39 is 0 Å². The highest BCUT2D eigenvalue weighted by molar-refractivity contribution is 6.35. The fourth-order valence-electron chi connectivity index (χ4n) is 4.26. The molecule has 0 saturated heterocycles. The van der Waals surface area contributed by atoms with Crippen LogP contribution in [0.1, 0.15) is 16.7 Å². The number of benzene rings is 2. The number of rotatable bonds is 5. The van der Waals surface area contributed by atoms with Crippen LogP contribution in [0.15, 0.2) is 79.4 Å². The number of fused-ring (bicyclic) bond motifs is 3. The summed E-state index contributed by atoms with van der Waals surface area (Å²) < 4.78 is 0. The summed E-state index contributed by atoms with van der Waals surface area (Å²) in [5.41, 5.74) is 5.17. The Hall–Kier alpha value is -3.67. The molecular weight excluding hydrogens is 465 g/mol. The number of aromatic amines is 1. The third-order valence-corrected chi connectivity index (χ3v) is 6.47. The Labute approximate surface area is 205 Å². The average Bonchev–Trinajstić information content (AvgIpc) is 3.22. The van der Waals surface area contributed by atoms with E-state index in [4.69, 9.17) is 23.2 Å². The zero-order chi connectivity index (χ0) is 23.1. The van der Waals surface area contributed by atoms with Crippen molar-refractivity contribution in [2.45, 2.75) is 13.0 Å². The van der Waals surface area contributed by atoms with E-state index in [2.05, 4.69) is 55.6 Å². The number of hydrogen-bond donors (Lipinski definition) is 2. The van der Waals surface area contributed by atoms with Gasteiger partial charge in [-0.25, -0.2) is 9.97 Å². The van der Waals surface area contributed by atoms with Crippen molar-refractivity contribution in [2.24, 2.45) is 0 Å². The van der Waals surface area contributed by atoms with E-state index in [1.807, 2.05) is 36.7 Å². The van der Waals surface area contributed by atoms with E-state index in [1.54, 1.807) is 12.4 Å². The summed E-state index contributed by atoms with van der Waals surface area (Å²) in [6.07, 6.45) is 7.91. The Morgan fingerprint density at radius 1 is 0.765 bits per heavy atom. The lowest BCUT2D eigenvalue weighted by Gasteiger charge is -2.11. The van der Waals surface area contributed by atoms with Crippen LogP contribution in [0.25, 0.3) is 32.7 Å². The van der Waals surface area contributed by atoms with Crippen LogP contribution >= 0.6 is 23.2 Å². The zero-order valence-corrected chi connectivity index (χ0v) is 19.5. The molecule has 0 atom stereocenters. The van der Waals surface area contributed by atoms with Crippen LogP contribution in [-0.2, 0) is 13.0 Å². The predicted molar refractivity (Wildman–Crippen MR) is 140 cm³/mol. The van der Waals surface area contributed by atoms with Crippen molar-refractivity contribution in [3.8, 4) is 0 Å². The first-order valence-electron chi connectivity index (χ1n) is 10.9. The largest absolute Gasteiger partial charge is 0.365 e. The van der Waals surface area contributed by atoms with Gasteiger partial charge in [-0.1, -0.05) is 41.4 Å².